The van der Waals surface area contributed by atoms with Crippen molar-refractivity contribution in [1.82, 2.24) is 9.55 Å². The Labute approximate surface area is 194 Å². The van der Waals surface area contributed by atoms with Gasteiger partial charge >= 0.3 is 0 Å². The lowest BCUT2D eigenvalue weighted by molar-refractivity contribution is -0.117. The van der Waals surface area contributed by atoms with Gasteiger partial charge in [-0.3, -0.25) is 4.79 Å². The summed E-state index contributed by atoms with van der Waals surface area (Å²) in [6.07, 6.45) is 2.50. The van der Waals surface area contributed by atoms with Crippen molar-refractivity contribution in [2.24, 2.45) is 0 Å². The number of aryl methyl sites for hydroxylation is 2. The number of carbonyl (C=O) groups excluding carboxylic acids is 1. The number of anilines is 1. The van der Waals surface area contributed by atoms with Gasteiger partial charge in [-0.1, -0.05) is 54.6 Å². The van der Waals surface area contributed by atoms with E-state index in [1.807, 2.05) is 42.2 Å². The Balaban J connectivity index is 1.41. The lowest BCUT2D eigenvalue weighted by Gasteiger charge is -2.20. The van der Waals surface area contributed by atoms with Crippen LogP contribution in [0.2, 0.25) is 0 Å². The van der Waals surface area contributed by atoms with Crippen molar-refractivity contribution in [2.75, 3.05) is 18.1 Å². The molecule has 4 aromatic rings. The minimum Gasteiger partial charge on any atom is -0.492 e. The maximum Gasteiger partial charge on any atom is 0.227 e. The van der Waals surface area contributed by atoms with Crippen LogP contribution in [0.15, 0.2) is 78.9 Å². The van der Waals surface area contributed by atoms with Crippen molar-refractivity contribution in [3.05, 3.63) is 90.3 Å². The Morgan fingerprint density at radius 3 is 2.58 bits per heavy atom. The highest BCUT2D eigenvalue weighted by Gasteiger charge is 2.35. The maximum atomic E-state index is 13.1. The summed E-state index contributed by atoms with van der Waals surface area (Å²) in [6, 6.07) is 26.7. The molecule has 1 amide bonds. The summed E-state index contributed by atoms with van der Waals surface area (Å²) in [5.41, 5.74) is 4.32. The first-order valence-electron chi connectivity index (χ1n) is 11.8. The molecule has 0 spiro atoms. The van der Waals surface area contributed by atoms with E-state index in [9.17, 15) is 4.79 Å². The van der Waals surface area contributed by atoms with Crippen LogP contribution >= 0.6 is 0 Å². The predicted octanol–water partition coefficient (Wildman–Crippen LogP) is 5.59. The van der Waals surface area contributed by atoms with Gasteiger partial charge < -0.3 is 14.2 Å². The van der Waals surface area contributed by atoms with Crippen LogP contribution in [0.5, 0.6) is 5.75 Å². The van der Waals surface area contributed by atoms with E-state index in [1.165, 1.54) is 5.56 Å². The summed E-state index contributed by atoms with van der Waals surface area (Å²) in [5.74, 6) is 1.94. The topological polar surface area (TPSA) is 47.4 Å². The molecule has 0 bridgehead atoms. The monoisotopic (exact) mass is 439 g/mol. The summed E-state index contributed by atoms with van der Waals surface area (Å²) >= 11 is 0. The van der Waals surface area contributed by atoms with E-state index < -0.39 is 0 Å². The second-order valence-corrected chi connectivity index (χ2v) is 8.51. The zero-order valence-corrected chi connectivity index (χ0v) is 19.0. The molecule has 0 saturated carbocycles. The molecule has 168 valence electrons. The first kappa shape index (κ1) is 21.3. The van der Waals surface area contributed by atoms with E-state index >= 15 is 0 Å². The third-order valence-corrected chi connectivity index (χ3v) is 6.32. The molecule has 0 unspecified atom stereocenters. The Kier molecular flexibility index (Phi) is 6.11. The van der Waals surface area contributed by atoms with Gasteiger partial charge in [0.15, 0.2) is 0 Å². The fourth-order valence-corrected chi connectivity index (χ4v) is 4.80. The number of ether oxygens (including phenoxy) is 1. The molecule has 3 aromatic carbocycles. The molecule has 5 rings (SSSR count). The Morgan fingerprint density at radius 2 is 1.73 bits per heavy atom. The summed E-state index contributed by atoms with van der Waals surface area (Å²) in [6.45, 7) is 4.03. The van der Waals surface area contributed by atoms with Gasteiger partial charge in [0.05, 0.1) is 23.3 Å². The van der Waals surface area contributed by atoms with Gasteiger partial charge in [0.25, 0.3) is 0 Å². The number of rotatable bonds is 8. The summed E-state index contributed by atoms with van der Waals surface area (Å²) in [5, 5.41) is 0. The Hall–Kier alpha value is -3.60. The normalized spacial score (nSPS) is 16.0. The number of amides is 1. The summed E-state index contributed by atoms with van der Waals surface area (Å²) < 4.78 is 8.12. The largest absolute Gasteiger partial charge is 0.492 e. The van der Waals surface area contributed by atoms with E-state index in [0.29, 0.717) is 19.6 Å². The van der Waals surface area contributed by atoms with Gasteiger partial charge in [-0.15, -0.1) is 0 Å². The lowest BCUT2D eigenvalue weighted by Crippen LogP contribution is -2.25. The number of hydrogen-bond donors (Lipinski definition) is 0. The highest BCUT2D eigenvalue weighted by Crippen LogP contribution is 2.37. The molecule has 33 heavy (non-hydrogen) atoms. The molecule has 1 aliphatic rings. The maximum absolute atomic E-state index is 13.1. The quantitative estimate of drug-likeness (QED) is 0.360. The summed E-state index contributed by atoms with van der Waals surface area (Å²) in [4.78, 5) is 19.9. The average molecular weight is 440 g/mol. The van der Waals surface area contributed by atoms with Gasteiger partial charge in [0.2, 0.25) is 5.91 Å². The van der Waals surface area contributed by atoms with Gasteiger partial charge in [-0.25, -0.2) is 4.98 Å². The number of hydrogen-bond acceptors (Lipinski definition) is 3. The third kappa shape index (κ3) is 4.36. The van der Waals surface area contributed by atoms with Crippen LogP contribution in [0.25, 0.3) is 11.0 Å². The number of nitrogens with zero attached hydrogens (tertiary/aromatic N) is 3. The van der Waals surface area contributed by atoms with Crippen molar-refractivity contribution >= 4 is 22.6 Å². The lowest BCUT2D eigenvalue weighted by atomic mass is 10.1. The zero-order chi connectivity index (χ0) is 22.6. The van der Waals surface area contributed by atoms with Crippen LogP contribution in [-0.4, -0.2) is 28.6 Å². The highest BCUT2D eigenvalue weighted by atomic mass is 16.5. The van der Waals surface area contributed by atoms with Crippen molar-refractivity contribution in [3.8, 4) is 5.75 Å². The van der Waals surface area contributed by atoms with E-state index in [4.69, 9.17) is 9.72 Å². The Morgan fingerprint density at radius 1 is 0.970 bits per heavy atom. The minimum atomic E-state index is 0.0521. The van der Waals surface area contributed by atoms with E-state index in [2.05, 4.69) is 53.1 Å². The van der Waals surface area contributed by atoms with Crippen LogP contribution in [-0.2, 0) is 17.8 Å². The van der Waals surface area contributed by atoms with Crippen molar-refractivity contribution in [1.29, 1.82) is 0 Å². The van der Waals surface area contributed by atoms with Gasteiger partial charge in [-0.05, 0) is 49.6 Å². The number of imidazole rings is 1. The number of para-hydroxylation sites is 4. The SMILES string of the molecule is CCOc1ccccc1N1C[C@H](c2nc3ccccc3n2CCCc2ccccc2)CC1=O. The molecule has 1 aromatic heterocycles. The van der Waals surface area contributed by atoms with Gasteiger partial charge in [0, 0.05) is 25.4 Å². The molecule has 1 aliphatic heterocycles. The van der Waals surface area contributed by atoms with Crippen LogP contribution in [0.3, 0.4) is 0 Å². The number of fused-ring (bicyclic) bond motifs is 1. The molecular weight excluding hydrogens is 410 g/mol. The minimum absolute atomic E-state index is 0.0521. The van der Waals surface area contributed by atoms with Crippen LogP contribution in [0, 0.1) is 0 Å². The fourth-order valence-electron chi connectivity index (χ4n) is 4.80. The molecule has 1 fully saturated rings. The number of aromatic nitrogens is 2. The van der Waals surface area contributed by atoms with Crippen molar-refractivity contribution in [3.63, 3.8) is 0 Å². The smallest absolute Gasteiger partial charge is 0.227 e. The molecular formula is C28H29N3O2. The molecule has 1 atom stereocenters. The number of benzene rings is 3. The van der Waals surface area contributed by atoms with E-state index in [1.54, 1.807) is 0 Å². The number of carbonyl (C=O) groups is 1. The van der Waals surface area contributed by atoms with Gasteiger partial charge in [0.1, 0.15) is 11.6 Å². The fraction of sp³-hybridized carbons (Fsp3) is 0.286. The van der Waals surface area contributed by atoms with Crippen LogP contribution < -0.4 is 9.64 Å². The first-order valence-corrected chi connectivity index (χ1v) is 11.8. The van der Waals surface area contributed by atoms with Crippen LogP contribution in [0.4, 0.5) is 5.69 Å². The molecule has 0 N–H and O–H groups in total. The molecule has 5 heteroatoms. The Bertz CT molecular complexity index is 1250. The molecule has 0 radical (unpaired) electrons. The first-order chi connectivity index (χ1) is 16.2. The summed E-state index contributed by atoms with van der Waals surface area (Å²) in [7, 11) is 0. The van der Waals surface area contributed by atoms with Gasteiger partial charge in [-0.2, -0.15) is 0 Å². The molecule has 1 saturated heterocycles. The second-order valence-electron chi connectivity index (χ2n) is 8.51. The average Bonchev–Trinajstić information content (AvgIpc) is 3.41. The standard InChI is InChI=1S/C28H29N3O2/c1-2-33-26-17-9-8-16-25(26)31-20-22(19-27(31)32)28-29-23-14-6-7-15-24(23)30(28)18-10-13-21-11-4-3-5-12-21/h3-9,11-12,14-17,22H,2,10,13,18-20H2,1H3/t22-/m1/s1. The van der Waals surface area contributed by atoms with Crippen molar-refractivity contribution < 1.29 is 9.53 Å². The van der Waals surface area contributed by atoms with Crippen LogP contribution in [0.1, 0.15) is 37.1 Å². The molecule has 0 aliphatic carbocycles. The molecule has 2 heterocycles. The second kappa shape index (κ2) is 9.49. The third-order valence-electron chi connectivity index (χ3n) is 6.32. The highest BCUT2D eigenvalue weighted by molar-refractivity contribution is 5.97. The van der Waals surface area contributed by atoms with E-state index in [-0.39, 0.29) is 11.8 Å². The molecule has 5 nitrogen and oxygen atoms in total. The van der Waals surface area contributed by atoms with Crippen molar-refractivity contribution in [2.45, 2.75) is 38.6 Å². The van der Waals surface area contributed by atoms with E-state index in [0.717, 1.165) is 47.7 Å². The zero-order valence-electron chi connectivity index (χ0n) is 19.0. The predicted molar refractivity (Wildman–Crippen MR) is 132 cm³/mol.